The molecule has 1 fully saturated rings. The number of nitrogens with zero attached hydrogens (tertiary/aromatic N) is 1. The highest BCUT2D eigenvalue weighted by molar-refractivity contribution is 7.89. The maximum atomic E-state index is 12.4. The quantitative estimate of drug-likeness (QED) is 0.792. The van der Waals surface area contributed by atoms with Crippen LogP contribution in [0.2, 0.25) is 0 Å². The molecule has 1 amide bonds. The Morgan fingerprint density at radius 1 is 1.32 bits per heavy atom. The van der Waals surface area contributed by atoms with Gasteiger partial charge >= 0.3 is 0 Å². The van der Waals surface area contributed by atoms with Crippen LogP contribution in [0.5, 0.6) is 0 Å². The summed E-state index contributed by atoms with van der Waals surface area (Å²) < 4.78 is 25.3. The lowest BCUT2D eigenvalue weighted by Gasteiger charge is -2.21. The first kappa shape index (κ1) is 14.0. The zero-order valence-electron chi connectivity index (χ0n) is 10.2. The standard InChI is InChI=1S/C12H12ClNO4S/c1-8-2-4-9(5-3-8)19(17,18)14-10(12(13)16)6-7-11(14)15/h2-5,10H,6-7H2,1H3. The number of carbonyl (C=O) groups is 2. The summed E-state index contributed by atoms with van der Waals surface area (Å²) in [6, 6.07) is 4.98. The van der Waals surface area contributed by atoms with E-state index in [1.165, 1.54) is 12.1 Å². The normalized spacial score (nSPS) is 19.8. The van der Waals surface area contributed by atoms with E-state index >= 15 is 0 Å². The SMILES string of the molecule is Cc1ccc(S(=O)(=O)N2C(=O)CCC2C(=O)Cl)cc1. The molecule has 1 unspecified atom stereocenters. The second-order valence-corrected chi connectivity index (χ2v) is 6.55. The van der Waals surface area contributed by atoms with E-state index in [1.54, 1.807) is 12.1 Å². The number of aryl methyl sites for hydroxylation is 1. The third-order valence-electron chi connectivity index (χ3n) is 3.00. The minimum absolute atomic E-state index is 0.00815. The smallest absolute Gasteiger partial charge is 0.267 e. The summed E-state index contributed by atoms with van der Waals surface area (Å²) in [6.07, 6.45) is 0.139. The highest BCUT2D eigenvalue weighted by Crippen LogP contribution is 2.28. The molecule has 1 atom stereocenters. The van der Waals surface area contributed by atoms with Gasteiger partial charge in [0.25, 0.3) is 10.0 Å². The van der Waals surface area contributed by atoms with Crippen LogP contribution >= 0.6 is 11.6 Å². The van der Waals surface area contributed by atoms with Crippen molar-refractivity contribution in [3.05, 3.63) is 29.8 Å². The Balaban J connectivity index is 2.46. The van der Waals surface area contributed by atoms with E-state index < -0.39 is 27.2 Å². The van der Waals surface area contributed by atoms with Gasteiger partial charge in [-0.1, -0.05) is 17.7 Å². The van der Waals surface area contributed by atoms with Crippen LogP contribution in [0.25, 0.3) is 0 Å². The monoisotopic (exact) mass is 301 g/mol. The predicted octanol–water partition coefficient (Wildman–Crippen LogP) is 1.44. The first-order valence-electron chi connectivity index (χ1n) is 5.67. The van der Waals surface area contributed by atoms with Crippen LogP contribution in [-0.2, 0) is 19.6 Å². The lowest BCUT2D eigenvalue weighted by molar-refractivity contribution is -0.127. The molecule has 0 aromatic heterocycles. The number of sulfonamides is 1. The summed E-state index contributed by atoms with van der Waals surface area (Å²) in [5.41, 5.74) is 0.900. The van der Waals surface area contributed by atoms with Gasteiger partial charge < -0.3 is 0 Å². The Hall–Kier alpha value is -1.40. The molecule has 5 nitrogen and oxygen atoms in total. The number of halogens is 1. The maximum absolute atomic E-state index is 12.4. The minimum atomic E-state index is -4.02. The van der Waals surface area contributed by atoms with Gasteiger partial charge in [-0.25, -0.2) is 12.7 Å². The van der Waals surface area contributed by atoms with E-state index in [4.69, 9.17) is 11.6 Å². The fourth-order valence-electron chi connectivity index (χ4n) is 1.99. The second kappa shape index (κ2) is 4.94. The lowest BCUT2D eigenvalue weighted by Crippen LogP contribution is -2.41. The third-order valence-corrected chi connectivity index (χ3v) is 5.10. The molecule has 0 aliphatic carbocycles. The maximum Gasteiger partial charge on any atom is 0.267 e. The van der Waals surface area contributed by atoms with Gasteiger partial charge in [0.05, 0.1) is 4.90 Å². The van der Waals surface area contributed by atoms with Crippen LogP contribution in [0.4, 0.5) is 0 Å². The van der Waals surface area contributed by atoms with E-state index in [9.17, 15) is 18.0 Å². The van der Waals surface area contributed by atoms with Crippen molar-refractivity contribution in [3.63, 3.8) is 0 Å². The molecule has 1 aliphatic heterocycles. The summed E-state index contributed by atoms with van der Waals surface area (Å²) in [5.74, 6) is -0.598. The van der Waals surface area contributed by atoms with Crippen LogP contribution in [0.15, 0.2) is 29.2 Å². The van der Waals surface area contributed by atoms with Gasteiger partial charge in [0.15, 0.2) is 0 Å². The summed E-state index contributed by atoms with van der Waals surface area (Å²) in [5, 5.41) is -0.832. The van der Waals surface area contributed by atoms with Gasteiger partial charge in [0.1, 0.15) is 6.04 Å². The molecule has 1 heterocycles. The van der Waals surface area contributed by atoms with Crippen molar-refractivity contribution in [2.75, 3.05) is 0 Å². The molecular formula is C12H12ClNO4S. The molecule has 2 rings (SSSR count). The van der Waals surface area contributed by atoms with Gasteiger partial charge in [-0.3, -0.25) is 9.59 Å². The third kappa shape index (κ3) is 2.50. The molecule has 1 aromatic rings. The van der Waals surface area contributed by atoms with Crippen LogP contribution in [0, 0.1) is 6.92 Å². The Morgan fingerprint density at radius 2 is 1.89 bits per heavy atom. The van der Waals surface area contributed by atoms with E-state index in [0.29, 0.717) is 4.31 Å². The second-order valence-electron chi connectivity index (χ2n) is 4.37. The van der Waals surface area contributed by atoms with Crippen LogP contribution < -0.4 is 0 Å². The molecule has 1 aliphatic rings. The average molecular weight is 302 g/mol. The largest absolute Gasteiger partial charge is 0.279 e. The van der Waals surface area contributed by atoms with E-state index in [0.717, 1.165) is 5.56 Å². The van der Waals surface area contributed by atoms with Crippen molar-refractivity contribution in [2.45, 2.75) is 30.7 Å². The highest BCUT2D eigenvalue weighted by atomic mass is 35.5. The molecule has 102 valence electrons. The number of benzene rings is 1. The molecule has 1 saturated heterocycles. The van der Waals surface area contributed by atoms with Crippen LogP contribution in [0.1, 0.15) is 18.4 Å². The number of hydrogen-bond donors (Lipinski definition) is 0. The fraction of sp³-hybridized carbons (Fsp3) is 0.333. The van der Waals surface area contributed by atoms with Crippen molar-refractivity contribution in [3.8, 4) is 0 Å². The minimum Gasteiger partial charge on any atom is -0.279 e. The molecule has 19 heavy (non-hydrogen) atoms. The Bertz CT molecular complexity index is 624. The van der Waals surface area contributed by atoms with Crippen molar-refractivity contribution in [2.24, 2.45) is 0 Å². The van der Waals surface area contributed by atoms with Crippen molar-refractivity contribution in [1.29, 1.82) is 0 Å². The highest BCUT2D eigenvalue weighted by Gasteiger charge is 2.43. The molecule has 0 spiro atoms. The number of amides is 1. The Labute approximate surface area is 116 Å². The average Bonchev–Trinajstić information content (AvgIpc) is 2.72. The van der Waals surface area contributed by atoms with Gasteiger partial charge in [0, 0.05) is 6.42 Å². The van der Waals surface area contributed by atoms with E-state index in [-0.39, 0.29) is 17.7 Å². The zero-order chi connectivity index (χ0) is 14.2. The van der Waals surface area contributed by atoms with Crippen molar-refractivity contribution < 1.29 is 18.0 Å². The van der Waals surface area contributed by atoms with Gasteiger partial charge in [0.2, 0.25) is 11.1 Å². The predicted molar refractivity (Wildman–Crippen MR) is 69.1 cm³/mol. The van der Waals surface area contributed by atoms with Crippen molar-refractivity contribution in [1.82, 2.24) is 4.31 Å². The lowest BCUT2D eigenvalue weighted by atomic mass is 10.2. The number of rotatable bonds is 3. The van der Waals surface area contributed by atoms with Crippen molar-refractivity contribution >= 4 is 32.8 Å². The number of carbonyl (C=O) groups excluding carboxylic acids is 2. The van der Waals surface area contributed by atoms with Crippen LogP contribution in [-0.4, -0.2) is 29.9 Å². The topological polar surface area (TPSA) is 71.5 Å². The Morgan fingerprint density at radius 3 is 2.42 bits per heavy atom. The number of hydrogen-bond acceptors (Lipinski definition) is 4. The first-order chi connectivity index (χ1) is 8.84. The Kier molecular flexibility index (Phi) is 3.64. The van der Waals surface area contributed by atoms with Gasteiger partial charge in [-0.15, -0.1) is 0 Å². The molecule has 0 N–H and O–H groups in total. The van der Waals surface area contributed by atoms with Gasteiger partial charge in [-0.05, 0) is 37.1 Å². The summed E-state index contributed by atoms with van der Waals surface area (Å²) in [7, 11) is -4.02. The molecule has 7 heteroatoms. The molecule has 0 saturated carbocycles. The first-order valence-corrected chi connectivity index (χ1v) is 7.49. The fourth-order valence-corrected chi connectivity index (χ4v) is 3.86. The molecule has 1 aromatic carbocycles. The van der Waals surface area contributed by atoms with Gasteiger partial charge in [-0.2, -0.15) is 0 Å². The summed E-state index contributed by atoms with van der Waals surface area (Å²) in [6.45, 7) is 1.82. The zero-order valence-corrected chi connectivity index (χ0v) is 11.7. The summed E-state index contributed by atoms with van der Waals surface area (Å²) in [4.78, 5) is 22.9. The molecular weight excluding hydrogens is 290 g/mol. The molecule has 0 radical (unpaired) electrons. The van der Waals surface area contributed by atoms with Crippen LogP contribution in [0.3, 0.4) is 0 Å². The van der Waals surface area contributed by atoms with E-state index in [2.05, 4.69) is 0 Å². The summed E-state index contributed by atoms with van der Waals surface area (Å²) >= 11 is 5.37. The van der Waals surface area contributed by atoms with E-state index in [1.807, 2.05) is 6.92 Å². The molecule has 0 bridgehead atoms.